The van der Waals surface area contributed by atoms with Gasteiger partial charge in [-0.05, 0) is 86.6 Å². The van der Waals surface area contributed by atoms with E-state index in [1.807, 2.05) is 56.3 Å². The molecule has 3 aliphatic carbocycles. The van der Waals surface area contributed by atoms with Gasteiger partial charge in [0.25, 0.3) is 0 Å². The van der Waals surface area contributed by atoms with Gasteiger partial charge in [0, 0.05) is 43.9 Å². The van der Waals surface area contributed by atoms with E-state index in [-0.39, 0.29) is 36.6 Å². The normalized spacial score (nSPS) is 39.7. The number of aliphatic hydroxyl groups is 2. The van der Waals surface area contributed by atoms with E-state index >= 15 is 0 Å². The highest BCUT2D eigenvalue weighted by molar-refractivity contribution is 5.92. The molecule has 11 atom stereocenters. The maximum absolute atomic E-state index is 14.6. The Kier molecular flexibility index (Phi) is 12.9. The first-order valence-corrected chi connectivity index (χ1v) is 21.6. The summed E-state index contributed by atoms with van der Waals surface area (Å²) >= 11 is 0. The van der Waals surface area contributed by atoms with E-state index in [1.165, 1.54) is 7.11 Å². The molecule has 11 nitrogen and oxygen atoms in total. The molecular weight excluding hydrogens is 739 g/mol. The van der Waals surface area contributed by atoms with Crippen molar-refractivity contribution >= 4 is 23.5 Å². The monoisotopic (exact) mass is 801 g/mol. The van der Waals surface area contributed by atoms with Crippen molar-refractivity contribution in [2.75, 3.05) is 19.0 Å². The lowest BCUT2D eigenvalue weighted by Gasteiger charge is -2.50. The first kappa shape index (κ1) is 42.5. The van der Waals surface area contributed by atoms with Crippen LogP contribution in [0.1, 0.15) is 110 Å². The van der Waals surface area contributed by atoms with Gasteiger partial charge in [0.2, 0.25) is 5.91 Å². The number of anilines is 1. The van der Waals surface area contributed by atoms with Crippen molar-refractivity contribution < 1.29 is 48.3 Å². The van der Waals surface area contributed by atoms with Crippen molar-refractivity contribution in [1.82, 2.24) is 0 Å². The smallest absolute Gasteiger partial charge is 0.317 e. The highest BCUT2D eigenvalue weighted by Crippen LogP contribution is 2.51. The lowest BCUT2D eigenvalue weighted by Crippen LogP contribution is -2.55. The number of esters is 2. The first-order chi connectivity index (χ1) is 27.8. The molecule has 4 fully saturated rings. The van der Waals surface area contributed by atoms with Crippen LogP contribution >= 0.6 is 0 Å². The molecule has 0 unspecified atom stereocenters. The van der Waals surface area contributed by atoms with Gasteiger partial charge in [0.15, 0.2) is 5.79 Å². The number of amides is 1. The van der Waals surface area contributed by atoms with Crippen LogP contribution in [0.4, 0.5) is 5.69 Å². The fourth-order valence-electron chi connectivity index (χ4n) is 10.7. The van der Waals surface area contributed by atoms with Crippen LogP contribution in [-0.4, -0.2) is 83.7 Å². The van der Waals surface area contributed by atoms with Crippen LogP contribution in [0.5, 0.6) is 0 Å². The predicted molar refractivity (Wildman–Crippen MR) is 218 cm³/mol. The van der Waals surface area contributed by atoms with Gasteiger partial charge in [0.05, 0.1) is 23.7 Å². The van der Waals surface area contributed by atoms with E-state index in [1.54, 1.807) is 12.2 Å². The molecule has 6 aliphatic rings. The maximum Gasteiger partial charge on any atom is 0.317 e. The van der Waals surface area contributed by atoms with Crippen LogP contribution < -0.4 is 5.32 Å². The van der Waals surface area contributed by atoms with Crippen LogP contribution in [0.15, 0.2) is 71.9 Å². The Bertz CT molecular complexity index is 1790. The van der Waals surface area contributed by atoms with E-state index in [2.05, 4.69) is 25.2 Å². The van der Waals surface area contributed by atoms with Crippen molar-refractivity contribution in [3.63, 3.8) is 0 Å². The predicted octanol–water partition coefficient (Wildman–Crippen LogP) is 7.16. The summed E-state index contributed by atoms with van der Waals surface area (Å²) in [5, 5.41) is 26.3. The molecule has 1 aromatic rings. The van der Waals surface area contributed by atoms with Gasteiger partial charge in [-0.15, -0.1) is 0 Å². The number of benzene rings is 1. The molecule has 7 rings (SSSR count). The van der Waals surface area contributed by atoms with E-state index < -0.39 is 52.9 Å². The molecule has 3 heterocycles. The van der Waals surface area contributed by atoms with E-state index in [9.17, 15) is 24.6 Å². The van der Waals surface area contributed by atoms with E-state index in [4.69, 9.17) is 23.7 Å². The van der Waals surface area contributed by atoms with Crippen molar-refractivity contribution in [2.45, 2.75) is 152 Å². The van der Waals surface area contributed by atoms with Gasteiger partial charge in [-0.3, -0.25) is 14.4 Å². The zero-order valence-corrected chi connectivity index (χ0v) is 34.8. The highest BCUT2D eigenvalue weighted by Gasteiger charge is 2.58. The largest absolute Gasteiger partial charge is 0.462 e. The molecule has 1 amide bonds. The number of aliphatic hydroxyl groups excluding tert-OH is 1. The lowest BCUT2D eigenvalue weighted by atomic mass is 9.70. The van der Waals surface area contributed by atoms with E-state index in [0.717, 1.165) is 36.8 Å². The summed E-state index contributed by atoms with van der Waals surface area (Å²) in [7, 11) is 1.47. The molecule has 316 valence electrons. The summed E-state index contributed by atoms with van der Waals surface area (Å²) in [4.78, 5) is 40.9. The number of nitrogens with one attached hydrogen (secondary N) is 1. The van der Waals surface area contributed by atoms with Crippen LogP contribution in [0.25, 0.3) is 0 Å². The SMILES string of the molecule is CC[C@H]1O[C@]2(CC[C@@H]1C)C[C@@H]1C[C@@H](C/C=C(\C)[C@H](OC(=O)C3(c4ccc(NC(=O)COC)cc4)CCCC3)[C@@H](C)/C=C/C=C3\CC[C@@H]4[C@H](O)C=C[C@@H](C(=O)O1)[C@]34O)O2. The van der Waals surface area contributed by atoms with Gasteiger partial charge >= 0.3 is 11.9 Å². The summed E-state index contributed by atoms with van der Waals surface area (Å²) in [6.07, 6.45) is 16.6. The Morgan fingerprint density at radius 1 is 1.00 bits per heavy atom. The molecule has 2 saturated carbocycles. The quantitative estimate of drug-likeness (QED) is 0.192. The molecule has 58 heavy (non-hydrogen) atoms. The van der Waals surface area contributed by atoms with Gasteiger partial charge in [-0.25, -0.2) is 0 Å². The lowest BCUT2D eigenvalue weighted by molar-refractivity contribution is -0.335. The second-order valence-corrected chi connectivity index (χ2v) is 17.8. The second-order valence-electron chi connectivity index (χ2n) is 17.8. The third kappa shape index (κ3) is 8.39. The maximum atomic E-state index is 14.6. The third-order valence-electron chi connectivity index (χ3n) is 14.0. The standard InChI is InChI=1S/C47H63NO10/c1-6-40-29(2)22-25-46(58-40)27-36-26-35(57-46)18-12-31(4)42(30(3)10-9-11-33-15-19-37-39(49)21-20-38(43(51)55-36)47(33,37)53)56-44(52)45(23-7-8-24-45)32-13-16-34(17-14-32)48-41(50)28-54-5/h9-14,16-17,20-21,29-30,35-40,42,49,53H,6-8,15,18-19,22-28H2,1-5H3,(H,48,50)/b10-9+,31-12+,33-11+/t29-,30-,35+,36-,37+,38-,39+,40+,42+,46+,47-/m0/s1. The van der Waals surface area contributed by atoms with Gasteiger partial charge in [0.1, 0.15) is 30.3 Å². The van der Waals surface area contributed by atoms with Crippen LogP contribution in [0.3, 0.4) is 0 Å². The number of carbonyl (C=O) groups excluding carboxylic acids is 3. The number of allylic oxidation sites excluding steroid dienone is 2. The zero-order valence-electron chi connectivity index (χ0n) is 34.8. The molecule has 11 heteroatoms. The third-order valence-corrected chi connectivity index (χ3v) is 14.0. The minimum Gasteiger partial charge on any atom is -0.462 e. The summed E-state index contributed by atoms with van der Waals surface area (Å²) in [5.74, 6) is -3.36. The molecular formula is C47H63NO10. The van der Waals surface area contributed by atoms with Crippen molar-refractivity contribution in [3.8, 4) is 0 Å². The van der Waals surface area contributed by atoms with Crippen molar-refractivity contribution in [1.29, 1.82) is 0 Å². The molecule has 1 aromatic carbocycles. The highest BCUT2D eigenvalue weighted by atomic mass is 16.7. The molecule has 0 aromatic heterocycles. The summed E-state index contributed by atoms with van der Waals surface area (Å²) < 4.78 is 31.6. The Hall–Kier alpha value is -3.61. The number of hydrogen-bond donors (Lipinski definition) is 3. The summed E-state index contributed by atoms with van der Waals surface area (Å²) in [6.45, 7) is 8.29. The number of fused-ring (bicyclic) bond motifs is 2. The zero-order chi connectivity index (χ0) is 41.2. The number of ether oxygens (including phenoxy) is 5. The Labute approximate surface area is 343 Å². The van der Waals surface area contributed by atoms with Crippen molar-refractivity contribution in [2.24, 2.45) is 23.7 Å². The van der Waals surface area contributed by atoms with E-state index in [0.29, 0.717) is 68.5 Å². The number of methoxy groups -OCH3 is 1. The minimum atomic E-state index is -1.61. The Morgan fingerprint density at radius 3 is 2.48 bits per heavy atom. The number of hydrogen-bond acceptors (Lipinski definition) is 10. The molecule has 2 bridgehead atoms. The molecule has 0 radical (unpaired) electrons. The first-order valence-electron chi connectivity index (χ1n) is 21.6. The number of rotatable bonds is 7. The average molecular weight is 802 g/mol. The number of carbonyl (C=O) groups is 3. The van der Waals surface area contributed by atoms with Crippen LogP contribution in [-0.2, 0) is 43.5 Å². The van der Waals surface area contributed by atoms with Crippen molar-refractivity contribution in [3.05, 3.63) is 77.4 Å². The van der Waals surface area contributed by atoms with Gasteiger partial charge in [-0.1, -0.05) is 82.2 Å². The average Bonchev–Trinajstić information content (AvgIpc) is 3.83. The Morgan fingerprint density at radius 2 is 1.76 bits per heavy atom. The van der Waals surface area contributed by atoms with Crippen LogP contribution in [0.2, 0.25) is 0 Å². The van der Waals surface area contributed by atoms with Crippen LogP contribution in [0, 0.1) is 23.7 Å². The van der Waals surface area contributed by atoms with Gasteiger partial charge < -0.3 is 39.2 Å². The summed E-state index contributed by atoms with van der Waals surface area (Å²) in [6, 6.07) is 7.46. The summed E-state index contributed by atoms with van der Waals surface area (Å²) in [5.41, 5.74) is 0.601. The fraction of sp³-hybridized carbons (Fsp3) is 0.638. The molecule has 1 spiro atoms. The van der Waals surface area contributed by atoms with Gasteiger partial charge in [-0.2, -0.15) is 0 Å². The molecule has 2 saturated heterocycles. The fourth-order valence-corrected chi connectivity index (χ4v) is 10.7. The Balaban J connectivity index is 1.22. The molecule has 3 N–H and O–H groups in total. The minimum absolute atomic E-state index is 0.0133. The molecule has 3 aliphatic heterocycles. The second kappa shape index (κ2) is 17.5. The topological polar surface area (TPSA) is 150 Å².